The molecule has 2 amide bonds. The highest BCUT2D eigenvalue weighted by Gasteiger charge is 2.34. The van der Waals surface area contributed by atoms with Gasteiger partial charge in [0.25, 0.3) is 0 Å². The molecule has 2 fully saturated rings. The fourth-order valence-electron chi connectivity index (χ4n) is 3.89. The third kappa shape index (κ3) is 4.14. The number of likely N-dealkylation sites (tertiary alicyclic amines) is 1. The van der Waals surface area contributed by atoms with Crippen LogP contribution in [0.4, 0.5) is 5.82 Å². The van der Waals surface area contributed by atoms with E-state index in [1.807, 2.05) is 29.7 Å². The van der Waals surface area contributed by atoms with Gasteiger partial charge in [-0.15, -0.1) is 0 Å². The van der Waals surface area contributed by atoms with Gasteiger partial charge in [-0.2, -0.15) is 0 Å². The molecule has 2 aliphatic heterocycles. The fourth-order valence-corrected chi connectivity index (χ4v) is 3.89. The van der Waals surface area contributed by atoms with E-state index in [1.54, 1.807) is 6.20 Å². The molecule has 7 heteroatoms. The van der Waals surface area contributed by atoms with Gasteiger partial charge in [0.1, 0.15) is 17.7 Å². The van der Waals surface area contributed by atoms with E-state index in [4.69, 9.17) is 0 Å². The smallest absolute Gasteiger partial charge is 0.245 e. The van der Waals surface area contributed by atoms with Gasteiger partial charge in [-0.1, -0.05) is 6.92 Å². The number of piperidine rings is 1. The Balaban J connectivity index is 1.66. The second-order valence-electron chi connectivity index (χ2n) is 7.08. The van der Waals surface area contributed by atoms with Crippen LogP contribution in [0, 0.1) is 6.92 Å². The Morgan fingerprint density at radius 3 is 2.73 bits per heavy atom. The minimum atomic E-state index is -0.274. The Morgan fingerprint density at radius 1 is 1.12 bits per heavy atom. The minimum absolute atomic E-state index is 0.0935. The second kappa shape index (κ2) is 8.47. The Labute approximate surface area is 155 Å². The molecule has 1 aromatic heterocycles. The highest BCUT2D eigenvalue weighted by Crippen LogP contribution is 2.21. The summed E-state index contributed by atoms with van der Waals surface area (Å²) in [6, 6.07) is 1.65. The zero-order valence-electron chi connectivity index (χ0n) is 15.9. The maximum atomic E-state index is 13.1. The van der Waals surface area contributed by atoms with E-state index in [0.717, 1.165) is 57.0 Å². The molecule has 0 bridgehead atoms. The molecule has 0 radical (unpaired) electrons. The molecule has 1 unspecified atom stereocenters. The standard InChI is InChI=1S/C19H29N5O2/c1-3-18(25)24-12-5-4-7-16(24)19(26)23-11-6-10-22(13-14-23)17-8-9-20-15(2)21-17/h8-9,16H,3-7,10-14H2,1-2H3. The number of carbonyl (C=O) groups is 2. The Morgan fingerprint density at radius 2 is 1.96 bits per heavy atom. The minimum Gasteiger partial charge on any atom is -0.355 e. The molecule has 0 saturated carbocycles. The average Bonchev–Trinajstić information content (AvgIpc) is 2.93. The van der Waals surface area contributed by atoms with Gasteiger partial charge < -0.3 is 14.7 Å². The Bertz CT molecular complexity index is 651. The normalized spacial score (nSPS) is 21.5. The van der Waals surface area contributed by atoms with E-state index in [9.17, 15) is 9.59 Å². The monoisotopic (exact) mass is 359 g/mol. The van der Waals surface area contributed by atoms with Crippen molar-refractivity contribution < 1.29 is 9.59 Å². The largest absolute Gasteiger partial charge is 0.355 e. The molecule has 0 spiro atoms. The highest BCUT2D eigenvalue weighted by atomic mass is 16.2. The maximum Gasteiger partial charge on any atom is 0.245 e. The molecule has 3 heterocycles. The molecule has 2 saturated heterocycles. The predicted octanol–water partition coefficient (Wildman–Crippen LogP) is 1.61. The van der Waals surface area contributed by atoms with Gasteiger partial charge in [-0.3, -0.25) is 9.59 Å². The predicted molar refractivity (Wildman–Crippen MR) is 99.8 cm³/mol. The zero-order valence-corrected chi connectivity index (χ0v) is 15.9. The number of rotatable bonds is 3. The van der Waals surface area contributed by atoms with Gasteiger partial charge in [-0.25, -0.2) is 9.97 Å². The van der Waals surface area contributed by atoms with E-state index >= 15 is 0 Å². The van der Waals surface area contributed by atoms with E-state index in [1.165, 1.54) is 0 Å². The van der Waals surface area contributed by atoms with E-state index in [0.29, 0.717) is 19.5 Å². The summed E-state index contributed by atoms with van der Waals surface area (Å²) in [6.45, 7) is 7.52. The fraction of sp³-hybridized carbons (Fsp3) is 0.684. The molecular weight excluding hydrogens is 330 g/mol. The van der Waals surface area contributed by atoms with Crippen molar-refractivity contribution in [3.8, 4) is 0 Å². The Kier molecular flexibility index (Phi) is 6.06. The molecule has 1 atom stereocenters. The number of hydrogen-bond acceptors (Lipinski definition) is 5. The summed E-state index contributed by atoms with van der Waals surface area (Å²) >= 11 is 0. The van der Waals surface area contributed by atoms with Gasteiger partial charge in [0.2, 0.25) is 11.8 Å². The Hall–Kier alpha value is -2.18. The van der Waals surface area contributed by atoms with Crippen LogP contribution < -0.4 is 4.90 Å². The number of anilines is 1. The third-order valence-corrected chi connectivity index (χ3v) is 5.30. The number of carbonyl (C=O) groups excluding carboxylic acids is 2. The number of aryl methyl sites for hydroxylation is 1. The molecule has 0 aromatic carbocycles. The molecule has 7 nitrogen and oxygen atoms in total. The lowest BCUT2D eigenvalue weighted by molar-refractivity contribution is -0.147. The van der Waals surface area contributed by atoms with Crippen molar-refractivity contribution in [2.45, 2.75) is 52.0 Å². The molecule has 1 aromatic rings. The molecule has 2 aliphatic rings. The van der Waals surface area contributed by atoms with Crippen molar-refractivity contribution in [3.05, 3.63) is 18.1 Å². The molecule has 26 heavy (non-hydrogen) atoms. The third-order valence-electron chi connectivity index (χ3n) is 5.30. The quantitative estimate of drug-likeness (QED) is 0.820. The summed E-state index contributed by atoms with van der Waals surface area (Å²) in [7, 11) is 0. The van der Waals surface area contributed by atoms with Crippen LogP contribution >= 0.6 is 0 Å². The van der Waals surface area contributed by atoms with E-state index < -0.39 is 0 Å². The van der Waals surface area contributed by atoms with Crippen molar-refractivity contribution in [3.63, 3.8) is 0 Å². The summed E-state index contributed by atoms with van der Waals surface area (Å²) in [4.78, 5) is 40.0. The summed E-state index contributed by atoms with van der Waals surface area (Å²) in [5, 5.41) is 0. The van der Waals surface area contributed by atoms with Crippen molar-refractivity contribution in [1.29, 1.82) is 0 Å². The summed E-state index contributed by atoms with van der Waals surface area (Å²) in [5.41, 5.74) is 0. The van der Waals surface area contributed by atoms with E-state index in [2.05, 4.69) is 14.9 Å². The second-order valence-corrected chi connectivity index (χ2v) is 7.08. The zero-order chi connectivity index (χ0) is 18.5. The van der Waals surface area contributed by atoms with Crippen LogP contribution in [0.5, 0.6) is 0 Å². The van der Waals surface area contributed by atoms with Crippen molar-refractivity contribution >= 4 is 17.6 Å². The van der Waals surface area contributed by atoms with Crippen LogP contribution in [-0.2, 0) is 9.59 Å². The van der Waals surface area contributed by atoms with Gasteiger partial charge in [-0.05, 0) is 38.7 Å². The average molecular weight is 359 g/mol. The first kappa shape index (κ1) is 18.6. The number of nitrogens with zero attached hydrogens (tertiary/aromatic N) is 5. The van der Waals surface area contributed by atoms with Gasteiger partial charge >= 0.3 is 0 Å². The molecule has 0 aliphatic carbocycles. The van der Waals surface area contributed by atoms with Crippen molar-refractivity contribution in [1.82, 2.24) is 19.8 Å². The first-order valence-electron chi connectivity index (χ1n) is 9.73. The van der Waals surface area contributed by atoms with E-state index in [-0.39, 0.29) is 17.9 Å². The molecular formula is C19H29N5O2. The van der Waals surface area contributed by atoms with Crippen molar-refractivity contribution in [2.75, 3.05) is 37.6 Å². The highest BCUT2D eigenvalue weighted by molar-refractivity contribution is 5.88. The SMILES string of the molecule is CCC(=O)N1CCCCC1C(=O)N1CCCN(c2ccnc(C)n2)CC1. The van der Waals surface area contributed by atoms with Crippen LogP contribution in [-0.4, -0.2) is 70.3 Å². The van der Waals surface area contributed by atoms with Crippen LogP contribution in [0.25, 0.3) is 0 Å². The first-order chi connectivity index (χ1) is 12.6. The number of hydrogen-bond donors (Lipinski definition) is 0. The van der Waals surface area contributed by atoms with Crippen LogP contribution in [0.3, 0.4) is 0 Å². The number of amides is 2. The summed E-state index contributed by atoms with van der Waals surface area (Å²) < 4.78 is 0. The van der Waals surface area contributed by atoms with Crippen molar-refractivity contribution in [2.24, 2.45) is 0 Å². The van der Waals surface area contributed by atoms with Gasteiger partial charge in [0.05, 0.1) is 0 Å². The van der Waals surface area contributed by atoms with Gasteiger partial charge in [0.15, 0.2) is 0 Å². The molecule has 0 N–H and O–H groups in total. The topological polar surface area (TPSA) is 69.6 Å². The number of aromatic nitrogens is 2. The van der Waals surface area contributed by atoms with Crippen LogP contribution in [0.2, 0.25) is 0 Å². The first-order valence-corrected chi connectivity index (χ1v) is 9.73. The van der Waals surface area contributed by atoms with Crippen LogP contribution in [0.1, 0.15) is 44.9 Å². The molecule has 142 valence electrons. The van der Waals surface area contributed by atoms with Crippen LogP contribution in [0.15, 0.2) is 12.3 Å². The molecule has 3 rings (SSSR count). The summed E-state index contributed by atoms with van der Waals surface area (Å²) in [6.07, 6.45) is 5.95. The summed E-state index contributed by atoms with van der Waals surface area (Å²) in [5.74, 6) is 1.89. The lowest BCUT2D eigenvalue weighted by Gasteiger charge is -2.37. The van der Waals surface area contributed by atoms with Gasteiger partial charge in [0, 0.05) is 45.3 Å². The lowest BCUT2D eigenvalue weighted by Crippen LogP contribution is -2.53. The maximum absolute atomic E-state index is 13.1. The lowest BCUT2D eigenvalue weighted by atomic mass is 10.00.